The summed E-state index contributed by atoms with van der Waals surface area (Å²) in [5, 5.41) is 3.28. The van der Waals surface area contributed by atoms with Gasteiger partial charge in [0.05, 0.1) is 4.91 Å². The van der Waals surface area contributed by atoms with Gasteiger partial charge < -0.3 is 24.3 Å². The first kappa shape index (κ1) is 27.8. The lowest BCUT2D eigenvalue weighted by molar-refractivity contribution is -0.136. The molecular weight excluding hydrogens is 580 g/mol. The van der Waals surface area contributed by atoms with Gasteiger partial charge in [-0.25, -0.2) is 0 Å². The molecule has 1 fully saturated rings. The van der Waals surface area contributed by atoms with Crippen molar-refractivity contribution in [1.82, 2.24) is 14.4 Å². The average Bonchev–Trinajstić information content (AvgIpc) is 3.68. The third kappa shape index (κ3) is 5.09. The number of anilines is 1. The summed E-state index contributed by atoms with van der Waals surface area (Å²) < 4.78 is 12.6. The van der Waals surface area contributed by atoms with Crippen LogP contribution < -0.4 is 14.8 Å². The Morgan fingerprint density at radius 1 is 0.955 bits per heavy atom. The van der Waals surface area contributed by atoms with Crippen LogP contribution in [0.15, 0.2) is 71.6 Å². The molecule has 44 heavy (non-hydrogen) atoms. The predicted octanol–water partition coefficient (Wildman–Crippen LogP) is 4.94. The second-order valence-corrected chi connectivity index (χ2v) is 11.8. The van der Waals surface area contributed by atoms with Crippen molar-refractivity contribution < 1.29 is 28.7 Å². The number of imide groups is 1. The standard InChI is InChI=1S/C33H28N4O6S/c1-20-25(15-29-32(40)37(33(41)44-29)18-31(39)35-13-12-21-6-2-3-7-22(21)16-35)24-8-4-5-9-26(24)36(20)17-30(38)34-23-10-11-27-28(14-23)43-19-42-27/h2-11,14-15H,12-13,16-19H2,1H3,(H,34,38)/b29-15-. The highest BCUT2D eigenvalue weighted by atomic mass is 32.2. The van der Waals surface area contributed by atoms with Crippen LogP contribution in [0.25, 0.3) is 17.0 Å². The topological polar surface area (TPSA) is 110 Å². The lowest BCUT2D eigenvalue weighted by atomic mass is 10.00. The molecule has 1 N–H and O–H groups in total. The summed E-state index contributed by atoms with van der Waals surface area (Å²) in [7, 11) is 0. The molecule has 1 aromatic heterocycles. The monoisotopic (exact) mass is 608 g/mol. The summed E-state index contributed by atoms with van der Waals surface area (Å²) in [5.41, 5.74) is 5.20. The molecule has 0 bridgehead atoms. The van der Waals surface area contributed by atoms with Crippen LogP contribution in [0, 0.1) is 6.92 Å². The van der Waals surface area contributed by atoms with E-state index in [1.807, 2.05) is 54.0 Å². The van der Waals surface area contributed by atoms with Gasteiger partial charge in [0.1, 0.15) is 13.1 Å². The summed E-state index contributed by atoms with van der Waals surface area (Å²) in [6.07, 6.45) is 2.43. The Morgan fingerprint density at radius 3 is 2.59 bits per heavy atom. The van der Waals surface area contributed by atoms with Crippen molar-refractivity contribution >= 4 is 57.4 Å². The van der Waals surface area contributed by atoms with Gasteiger partial charge in [0.15, 0.2) is 11.5 Å². The Labute approximate surface area is 257 Å². The van der Waals surface area contributed by atoms with Crippen LogP contribution in [0.2, 0.25) is 0 Å². The number of ether oxygens (including phenoxy) is 2. The number of nitrogens with one attached hydrogen (secondary N) is 1. The molecule has 11 heteroatoms. The van der Waals surface area contributed by atoms with Gasteiger partial charge in [-0.2, -0.15) is 0 Å². The minimum atomic E-state index is -0.498. The van der Waals surface area contributed by atoms with E-state index in [0.717, 1.165) is 50.8 Å². The van der Waals surface area contributed by atoms with E-state index in [2.05, 4.69) is 11.4 Å². The number of hydrogen-bond acceptors (Lipinski definition) is 7. The number of fused-ring (bicyclic) bond motifs is 3. The zero-order valence-corrected chi connectivity index (χ0v) is 24.7. The molecule has 0 atom stereocenters. The Bertz CT molecular complexity index is 1900. The van der Waals surface area contributed by atoms with Crippen LogP contribution in [0.3, 0.4) is 0 Å². The van der Waals surface area contributed by atoms with E-state index >= 15 is 0 Å². The van der Waals surface area contributed by atoms with E-state index in [-0.39, 0.29) is 36.6 Å². The summed E-state index contributed by atoms with van der Waals surface area (Å²) in [6.45, 7) is 2.76. The highest BCUT2D eigenvalue weighted by molar-refractivity contribution is 8.18. The van der Waals surface area contributed by atoms with E-state index in [4.69, 9.17) is 9.47 Å². The first-order chi connectivity index (χ1) is 21.4. The maximum Gasteiger partial charge on any atom is 0.294 e. The number of carbonyl (C=O) groups is 4. The third-order valence-electron chi connectivity index (χ3n) is 8.16. The van der Waals surface area contributed by atoms with E-state index in [1.54, 1.807) is 29.2 Å². The lowest BCUT2D eigenvalue weighted by Crippen LogP contribution is -2.44. The van der Waals surface area contributed by atoms with Gasteiger partial charge >= 0.3 is 0 Å². The Hall–Kier alpha value is -5.03. The second-order valence-electron chi connectivity index (χ2n) is 10.8. The van der Waals surface area contributed by atoms with Gasteiger partial charge in [0, 0.05) is 47.0 Å². The SMILES string of the molecule is Cc1c(/C=C2\SC(=O)N(CC(=O)N3CCc4ccccc4C3)C2=O)c2ccccc2n1CC(=O)Nc1ccc2c(c1)OCO2. The first-order valence-electron chi connectivity index (χ1n) is 14.2. The summed E-state index contributed by atoms with van der Waals surface area (Å²) in [4.78, 5) is 55.5. The Kier molecular flexibility index (Phi) is 7.09. The van der Waals surface area contributed by atoms with Crippen molar-refractivity contribution in [1.29, 1.82) is 0 Å². The molecule has 0 unspecified atom stereocenters. The molecule has 0 saturated carbocycles. The highest BCUT2D eigenvalue weighted by Gasteiger charge is 2.38. The number of amides is 4. The highest BCUT2D eigenvalue weighted by Crippen LogP contribution is 2.37. The molecule has 4 heterocycles. The molecule has 4 amide bonds. The number of nitrogens with zero attached hydrogens (tertiary/aromatic N) is 3. The number of para-hydroxylation sites is 1. The lowest BCUT2D eigenvalue weighted by Gasteiger charge is -2.29. The Morgan fingerprint density at radius 2 is 1.73 bits per heavy atom. The van der Waals surface area contributed by atoms with E-state index in [9.17, 15) is 19.2 Å². The van der Waals surface area contributed by atoms with E-state index < -0.39 is 11.1 Å². The van der Waals surface area contributed by atoms with Crippen molar-refractivity contribution in [3.8, 4) is 11.5 Å². The van der Waals surface area contributed by atoms with Crippen molar-refractivity contribution in [2.45, 2.75) is 26.4 Å². The quantitative estimate of drug-likeness (QED) is 0.309. The van der Waals surface area contributed by atoms with Gasteiger partial charge in [-0.1, -0.05) is 42.5 Å². The number of rotatable bonds is 6. The maximum atomic E-state index is 13.4. The van der Waals surface area contributed by atoms with Gasteiger partial charge in [-0.15, -0.1) is 0 Å². The van der Waals surface area contributed by atoms with Crippen molar-refractivity contribution in [3.05, 3.63) is 94.0 Å². The van der Waals surface area contributed by atoms with Crippen molar-refractivity contribution in [2.24, 2.45) is 0 Å². The molecule has 7 rings (SSSR count). The summed E-state index contributed by atoms with van der Waals surface area (Å²) in [6, 6.07) is 20.8. The van der Waals surface area contributed by atoms with Gasteiger partial charge in [0.25, 0.3) is 11.1 Å². The zero-order valence-electron chi connectivity index (χ0n) is 23.9. The molecule has 10 nitrogen and oxygen atoms in total. The van der Waals surface area contributed by atoms with E-state index in [0.29, 0.717) is 30.3 Å². The number of thioether (sulfide) groups is 1. The van der Waals surface area contributed by atoms with Crippen molar-refractivity contribution in [2.75, 3.05) is 25.2 Å². The molecule has 0 radical (unpaired) electrons. The van der Waals surface area contributed by atoms with Crippen LogP contribution in [0.5, 0.6) is 11.5 Å². The predicted molar refractivity (Wildman–Crippen MR) is 166 cm³/mol. The molecule has 1 saturated heterocycles. The van der Waals surface area contributed by atoms with Gasteiger partial charge in [-0.3, -0.25) is 24.1 Å². The number of hydrogen-bond donors (Lipinski definition) is 1. The number of aromatic nitrogens is 1. The summed E-state index contributed by atoms with van der Waals surface area (Å²) >= 11 is 0.823. The minimum Gasteiger partial charge on any atom is -0.454 e. The molecule has 3 aliphatic rings. The fourth-order valence-electron chi connectivity index (χ4n) is 5.87. The molecule has 0 spiro atoms. The van der Waals surface area contributed by atoms with Crippen LogP contribution in [-0.4, -0.2) is 57.2 Å². The fraction of sp³-hybridized carbons (Fsp3) is 0.212. The summed E-state index contributed by atoms with van der Waals surface area (Å²) in [5.74, 6) is 0.209. The molecule has 3 aromatic carbocycles. The van der Waals surface area contributed by atoms with Crippen molar-refractivity contribution in [3.63, 3.8) is 0 Å². The number of benzene rings is 3. The first-order valence-corrected chi connectivity index (χ1v) is 15.0. The minimum absolute atomic E-state index is 0.0313. The normalized spacial score (nSPS) is 16.6. The van der Waals surface area contributed by atoms with Crippen LogP contribution in [0.1, 0.15) is 22.4 Å². The average molecular weight is 609 g/mol. The number of carbonyl (C=O) groups excluding carboxylic acids is 4. The van der Waals surface area contributed by atoms with Crippen LogP contribution >= 0.6 is 11.8 Å². The third-order valence-corrected chi connectivity index (χ3v) is 9.07. The smallest absolute Gasteiger partial charge is 0.294 e. The molecule has 0 aliphatic carbocycles. The Balaban J connectivity index is 1.09. The van der Waals surface area contributed by atoms with Gasteiger partial charge in [0.2, 0.25) is 18.6 Å². The second kappa shape index (κ2) is 11.2. The molecular formula is C33H28N4O6S. The molecule has 222 valence electrons. The molecule has 3 aliphatic heterocycles. The molecule has 4 aromatic rings. The van der Waals surface area contributed by atoms with E-state index in [1.165, 1.54) is 5.56 Å². The fourth-order valence-corrected chi connectivity index (χ4v) is 6.69. The van der Waals surface area contributed by atoms with Crippen LogP contribution in [0.4, 0.5) is 10.5 Å². The maximum absolute atomic E-state index is 13.4. The van der Waals surface area contributed by atoms with Crippen LogP contribution in [-0.2, 0) is 33.9 Å². The largest absolute Gasteiger partial charge is 0.454 e. The van der Waals surface area contributed by atoms with Gasteiger partial charge in [-0.05, 0) is 60.5 Å². The zero-order chi connectivity index (χ0) is 30.4.